The van der Waals surface area contributed by atoms with E-state index in [1.54, 1.807) is 40.1 Å². The molecule has 5 aromatic rings. The average molecular weight is 707 g/mol. The molecule has 48 heavy (non-hydrogen) atoms. The van der Waals surface area contributed by atoms with E-state index in [0.717, 1.165) is 32.5 Å². The highest BCUT2D eigenvalue weighted by atomic mass is 35.5. The Kier molecular flexibility index (Phi) is 8.60. The fourth-order valence-corrected chi connectivity index (χ4v) is 7.27. The van der Waals surface area contributed by atoms with Gasteiger partial charge in [-0.05, 0) is 45.3 Å². The van der Waals surface area contributed by atoms with Gasteiger partial charge in [0.25, 0.3) is 0 Å². The van der Waals surface area contributed by atoms with Crippen LogP contribution in [0, 0.1) is 0 Å². The number of urea groups is 1. The van der Waals surface area contributed by atoms with Crippen LogP contribution in [-0.2, 0) is 29.1 Å². The van der Waals surface area contributed by atoms with E-state index in [1.807, 2.05) is 42.5 Å². The highest BCUT2D eigenvalue weighted by Crippen LogP contribution is 2.32. The van der Waals surface area contributed by atoms with E-state index in [1.165, 1.54) is 16.3 Å². The number of halogens is 2. The Morgan fingerprint density at radius 2 is 1.90 bits per heavy atom. The van der Waals surface area contributed by atoms with Crippen LogP contribution in [0.5, 0.6) is 0 Å². The second kappa shape index (κ2) is 13.0. The lowest BCUT2D eigenvalue weighted by Crippen LogP contribution is -2.65. The lowest BCUT2D eigenvalue weighted by molar-refractivity contribution is -0.157. The molecule has 2 aliphatic rings. The summed E-state index contributed by atoms with van der Waals surface area (Å²) in [7, 11) is 1.60. The van der Waals surface area contributed by atoms with Crippen molar-refractivity contribution in [2.45, 2.75) is 31.7 Å². The van der Waals surface area contributed by atoms with E-state index in [-0.39, 0.29) is 44.4 Å². The van der Waals surface area contributed by atoms with Crippen LogP contribution in [0.1, 0.15) is 16.7 Å². The summed E-state index contributed by atoms with van der Waals surface area (Å²) in [4.78, 5) is 49.2. The largest absolute Gasteiger partial charge is 0.375 e. The van der Waals surface area contributed by atoms with Crippen molar-refractivity contribution in [1.82, 2.24) is 50.7 Å². The number of nitrogens with zero attached hydrogens (tertiary/aromatic N) is 8. The number of piperazine rings is 1. The minimum absolute atomic E-state index is 0.0748. The number of carbonyl (C=O) groups excluding carboxylic acids is 3. The van der Waals surface area contributed by atoms with Crippen LogP contribution in [0.2, 0.25) is 10.0 Å². The van der Waals surface area contributed by atoms with Gasteiger partial charge in [0.1, 0.15) is 12.2 Å². The van der Waals surface area contributed by atoms with E-state index in [9.17, 15) is 14.4 Å². The monoisotopic (exact) mass is 705 g/mol. The molecule has 246 valence electrons. The van der Waals surface area contributed by atoms with Gasteiger partial charge in [-0.1, -0.05) is 77.0 Å². The molecule has 4 heterocycles. The number of aromatic nitrogens is 5. The van der Waals surface area contributed by atoms with E-state index in [4.69, 9.17) is 28.9 Å². The summed E-state index contributed by atoms with van der Waals surface area (Å²) in [5.41, 5.74) is 9.99. The summed E-state index contributed by atoms with van der Waals surface area (Å²) in [5, 5.41) is 21.2. The van der Waals surface area contributed by atoms with Gasteiger partial charge in [-0.25, -0.2) is 14.9 Å². The molecule has 2 fully saturated rings. The maximum absolute atomic E-state index is 14.3. The quantitative estimate of drug-likeness (QED) is 0.219. The number of carbonyl (C=O) groups is 3. The van der Waals surface area contributed by atoms with E-state index in [2.05, 4.69) is 30.9 Å². The molecule has 2 aromatic heterocycles. The minimum Gasteiger partial charge on any atom is -0.375 e. The molecule has 4 N–H and O–H groups in total. The number of rotatable bonds is 8. The predicted octanol–water partition coefficient (Wildman–Crippen LogP) is 3.55. The second-order valence-corrected chi connectivity index (χ2v) is 13.4. The van der Waals surface area contributed by atoms with Crippen LogP contribution >= 0.6 is 34.5 Å². The number of anilines is 1. The summed E-state index contributed by atoms with van der Waals surface area (Å²) in [5.74, 6) is 0.0713. The van der Waals surface area contributed by atoms with Crippen LogP contribution in [0.3, 0.4) is 0 Å². The number of nitrogens with two attached hydrogens (primary N) is 1. The van der Waals surface area contributed by atoms with Crippen molar-refractivity contribution in [2.75, 3.05) is 25.9 Å². The summed E-state index contributed by atoms with van der Waals surface area (Å²) in [6, 6.07) is 17.2. The number of para-hydroxylation sites is 1. The summed E-state index contributed by atoms with van der Waals surface area (Å²) < 4.78 is 0.922. The first-order valence-electron chi connectivity index (χ1n) is 14.9. The van der Waals surface area contributed by atoms with Gasteiger partial charge < -0.3 is 20.9 Å². The molecular formula is C31H29Cl2N11O3S. The molecule has 0 radical (unpaired) electrons. The molecule has 2 aliphatic heterocycles. The Morgan fingerprint density at radius 1 is 1.10 bits per heavy atom. The average Bonchev–Trinajstić information content (AvgIpc) is 3.82. The van der Waals surface area contributed by atoms with Crippen molar-refractivity contribution < 1.29 is 14.4 Å². The molecule has 2 atom stereocenters. The number of aromatic amines is 1. The van der Waals surface area contributed by atoms with Gasteiger partial charge in [0.05, 0.1) is 33.4 Å². The Labute approximate surface area is 288 Å². The first-order chi connectivity index (χ1) is 23.2. The van der Waals surface area contributed by atoms with Crippen LogP contribution in [0.4, 0.5) is 9.93 Å². The van der Waals surface area contributed by atoms with Crippen LogP contribution in [-0.4, -0.2) is 95.6 Å². The smallest absolute Gasteiger partial charge is 0.332 e. The lowest BCUT2D eigenvalue weighted by atomic mass is 9.99. The van der Waals surface area contributed by atoms with E-state index >= 15 is 0 Å². The highest BCUT2D eigenvalue weighted by molar-refractivity contribution is 7.22. The van der Waals surface area contributed by atoms with Crippen molar-refractivity contribution in [3.05, 3.63) is 87.4 Å². The minimum atomic E-state index is -0.813. The lowest BCUT2D eigenvalue weighted by Gasteiger charge is -2.45. The number of thiazole rings is 1. The molecule has 14 nitrogen and oxygen atoms in total. The number of amides is 4. The van der Waals surface area contributed by atoms with Gasteiger partial charge in [-0.2, -0.15) is 5.01 Å². The fraction of sp³-hybridized carbons (Fsp3) is 0.258. The third-order valence-electron chi connectivity index (χ3n) is 8.56. The zero-order valence-electron chi connectivity index (χ0n) is 25.5. The standard InChI is InChI=1S/C31H29Cl2N11O3S/c1-41(31(47)35-13-18-7-10-21(32)22(33)11-18)43-16-26(45)44-23(12-17-5-8-19(9-6-17)28-37-39-40-38-28)29(46)42(15-25(43)44)14-20-3-2-4-24-27(20)36-30(34)48-24/h2-11,23,25H,12-16H2,1H3,(H2,34,36)(H,35,47)(H,37,38,39,40)/t23-,25+/m0/s1. The number of hydrazine groups is 1. The molecule has 0 unspecified atom stereocenters. The molecule has 3 aromatic carbocycles. The number of fused-ring (bicyclic) bond motifs is 2. The first-order valence-corrected chi connectivity index (χ1v) is 16.5. The third kappa shape index (κ3) is 6.12. The third-order valence-corrected chi connectivity index (χ3v) is 10.1. The molecule has 4 amide bonds. The fourth-order valence-electron chi connectivity index (χ4n) is 6.17. The van der Waals surface area contributed by atoms with Gasteiger partial charge in [-0.3, -0.25) is 14.6 Å². The Bertz CT molecular complexity index is 2010. The van der Waals surface area contributed by atoms with Crippen molar-refractivity contribution in [3.8, 4) is 11.4 Å². The van der Waals surface area contributed by atoms with Crippen LogP contribution in [0.25, 0.3) is 21.6 Å². The molecule has 2 saturated heterocycles. The Hall–Kier alpha value is -4.83. The number of benzene rings is 3. The highest BCUT2D eigenvalue weighted by Gasteiger charge is 2.51. The number of tetrazole rings is 1. The maximum atomic E-state index is 14.3. The molecule has 0 saturated carbocycles. The predicted molar refractivity (Wildman–Crippen MR) is 180 cm³/mol. The van der Waals surface area contributed by atoms with Crippen molar-refractivity contribution in [3.63, 3.8) is 0 Å². The Balaban J connectivity index is 1.16. The SMILES string of the molecule is CN(C(=O)NCc1ccc(Cl)c(Cl)c1)N1CC(=O)N2[C@@H](Cc3ccc(-c4nnn[nH]4)cc3)C(=O)N(Cc3cccc4sc(N)nc34)C[C@@H]21. The first kappa shape index (κ1) is 31.8. The molecule has 0 bridgehead atoms. The van der Waals surface area contributed by atoms with Gasteiger partial charge in [0, 0.05) is 32.1 Å². The molecular weight excluding hydrogens is 677 g/mol. The van der Waals surface area contributed by atoms with Crippen molar-refractivity contribution in [2.24, 2.45) is 0 Å². The second-order valence-electron chi connectivity index (χ2n) is 11.5. The summed E-state index contributed by atoms with van der Waals surface area (Å²) in [6.07, 6.45) is -0.332. The normalized spacial score (nSPS) is 18.1. The number of H-pyrrole nitrogens is 1. The number of nitrogens with one attached hydrogen (secondary N) is 2. The Morgan fingerprint density at radius 3 is 2.65 bits per heavy atom. The van der Waals surface area contributed by atoms with Crippen LogP contribution in [0.15, 0.2) is 60.7 Å². The van der Waals surface area contributed by atoms with Crippen LogP contribution < -0.4 is 11.1 Å². The van der Waals surface area contributed by atoms with Gasteiger partial charge >= 0.3 is 6.03 Å². The number of hydrogen-bond acceptors (Lipinski definition) is 10. The van der Waals surface area contributed by atoms with Crippen molar-refractivity contribution in [1.29, 1.82) is 0 Å². The number of hydrogen-bond donors (Lipinski definition) is 3. The molecule has 0 aliphatic carbocycles. The summed E-state index contributed by atoms with van der Waals surface area (Å²) >= 11 is 13.6. The van der Waals surface area contributed by atoms with E-state index in [0.29, 0.717) is 21.0 Å². The van der Waals surface area contributed by atoms with E-state index < -0.39 is 18.2 Å². The van der Waals surface area contributed by atoms with Gasteiger partial charge in [-0.15, -0.1) is 5.10 Å². The maximum Gasteiger partial charge on any atom is 0.332 e. The zero-order valence-corrected chi connectivity index (χ0v) is 27.8. The zero-order chi connectivity index (χ0) is 33.5. The summed E-state index contributed by atoms with van der Waals surface area (Å²) in [6.45, 7) is 0.560. The number of nitrogen functional groups attached to an aromatic ring is 1. The van der Waals surface area contributed by atoms with Crippen molar-refractivity contribution >= 4 is 67.7 Å². The molecule has 7 rings (SSSR count). The molecule has 17 heteroatoms. The topological polar surface area (TPSA) is 170 Å². The molecule has 0 spiro atoms. The van der Waals surface area contributed by atoms with Gasteiger partial charge in [0.15, 0.2) is 11.0 Å². The van der Waals surface area contributed by atoms with Gasteiger partial charge in [0.2, 0.25) is 11.8 Å².